The van der Waals surface area contributed by atoms with Gasteiger partial charge in [-0.15, -0.1) is 11.6 Å². The van der Waals surface area contributed by atoms with Crippen molar-refractivity contribution in [1.82, 2.24) is 0 Å². The van der Waals surface area contributed by atoms with Crippen molar-refractivity contribution in [3.63, 3.8) is 0 Å². The zero-order valence-electron chi connectivity index (χ0n) is 5.77. The minimum atomic E-state index is 0.201. The molecule has 0 rings (SSSR count). The quantitative estimate of drug-likeness (QED) is 0.432. The standard InChI is InChI=1S/C7H13ClO/c1-2-3-7(6-9)4-5-8/h6-7H,2-5H2,1H3. The van der Waals surface area contributed by atoms with Crippen molar-refractivity contribution in [2.75, 3.05) is 5.88 Å². The first-order chi connectivity index (χ1) is 4.35. The maximum atomic E-state index is 10.2. The first-order valence-electron chi connectivity index (χ1n) is 3.36. The second kappa shape index (κ2) is 6.09. The lowest BCUT2D eigenvalue weighted by Crippen LogP contribution is -2.01. The molecule has 0 aromatic rings. The van der Waals surface area contributed by atoms with Crippen LogP contribution in [0.1, 0.15) is 26.2 Å². The minimum Gasteiger partial charge on any atom is -0.303 e. The second-order valence-electron chi connectivity index (χ2n) is 2.16. The Morgan fingerprint density at radius 1 is 1.56 bits per heavy atom. The number of carbonyl (C=O) groups excluding carboxylic acids is 1. The molecule has 9 heavy (non-hydrogen) atoms. The van der Waals surface area contributed by atoms with Gasteiger partial charge in [0, 0.05) is 11.8 Å². The molecule has 54 valence electrons. The molecule has 0 N–H and O–H groups in total. The molecule has 2 heteroatoms. The van der Waals surface area contributed by atoms with E-state index >= 15 is 0 Å². The lowest BCUT2D eigenvalue weighted by Gasteiger charge is -2.03. The number of rotatable bonds is 5. The normalized spacial score (nSPS) is 13.1. The van der Waals surface area contributed by atoms with Gasteiger partial charge in [0.15, 0.2) is 0 Å². The van der Waals surface area contributed by atoms with E-state index in [4.69, 9.17) is 11.6 Å². The smallest absolute Gasteiger partial charge is 0.123 e. The summed E-state index contributed by atoms with van der Waals surface area (Å²) in [5, 5.41) is 0. The summed E-state index contributed by atoms with van der Waals surface area (Å²) in [6, 6.07) is 0. The van der Waals surface area contributed by atoms with Crippen LogP contribution in [0.25, 0.3) is 0 Å². The lowest BCUT2D eigenvalue weighted by atomic mass is 10.0. The van der Waals surface area contributed by atoms with E-state index in [2.05, 4.69) is 6.92 Å². The van der Waals surface area contributed by atoms with Crippen LogP contribution in [0.2, 0.25) is 0 Å². The van der Waals surface area contributed by atoms with Crippen LogP contribution in [0.5, 0.6) is 0 Å². The summed E-state index contributed by atoms with van der Waals surface area (Å²) in [4.78, 5) is 10.2. The molecule has 1 unspecified atom stereocenters. The minimum absolute atomic E-state index is 0.201. The third-order valence-corrected chi connectivity index (χ3v) is 1.55. The molecule has 0 saturated carbocycles. The molecule has 0 spiro atoms. The van der Waals surface area contributed by atoms with Crippen LogP contribution in [0.4, 0.5) is 0 Å². The zero-order valence-corrected chi connectivity index (χ0v) is 6.53. The van der Waals surface area contributed by atoms with Crippen molar-refractivity contribution in [1.29, 1.82) is 0 Å². The highest BCUT2D eigenvalue weighted by atomic mass is 35.5. The summed E-state index contributed by atoms with van der Waals surface area (Å²) < 4.78 is 0. The summed E-state index contributed by atoms with van der Waals surface area (Å²) in [6.45, 7) is 2.07. The maximum Gasteiger partial charge on any atom is 0.123 e. The van der Waals surface area contributed by atoms with E-state index in [1.807, 2.05) is 0 Å². The lowest BCUT2D eigenvalue weighted by molar-refractivity contribution is -0.111. The SMILES string of the molecule is CCCC(C=O)CCCl. The topological polar surface area (TPSA) is 17.1 Å². The van der Waals surface area contributed by atoms with Crippen LogP contribution in [-0.4, -0.2) is 12.2 Å². The van der Waals surface area contributed by atoms with Crippen LogP contribution in [0.3, 0.4) is 0 Å². The molecule has 0 bridgehead atoms. The van der Waals surface area contributed by atoms with Crippen LogP contribution < -0.4 is 0 Å². The van der Waals surface area contributed by atoms with Gasteiger partial charge in [-0.2, -0.15) is 0 Å². The molecule has 0 aliphatic carbocycles. The maximum absolute atomic E-state index is 10.2. The molecule has 0 aliphatic heterocycles. The Labute approximate surface area is 61.4 Å². The van der Waals surface area contributed by atoms with E-state index in [-0.39, 0.29) is 5.92 Å². The molecular formula is C7H13ClO. The predicted molar refractivity (Wildman–Crippen MR) is 39.8 cm³/mol. The van der Waals surface area contributed by atoms with Gasteiger partial charge in [0.25, 0.3) is 0 Å². The highest BCUT2D eigenvalue weighted by Crippen LogP contribution is 2.08. The highest BCUT2D eigenvalue weighted by Gasteiger charge is 2.02. The Bertz CT molecular complexity index is 67.3. The van der Waals surface area contributed by atoms with Gasteiger partial charge in [-0.05, 0) is 12.8 Å². The van der Waals surface area contributed by atoms with Crippen molar-refractivity contribution in [3.05, 3.63) is 0 Å². The van der Waals surface area contributed by atoms with Crippen LogP contribution >= 0.6 is 11.6 Å². The van der Waals surface area contributed by atoms with E-state index in [0.29, 0.717) is 5.88 Å². The largest absolute Gasteiger partial charge is 0.303 e. The number of hydrogen-bond donors (Lipinski definition) is 0. The Balaban J connectivity index is 3.29. The van der Waals surface area contributed by atoms with Gasteiger partial charge >= 0.3 is 0 Å². The number of hydrogen-bond acceptors (Lipinski definition) is 1. The summed E-state index contributed by atoms with van der Waals surface area (Å²) >= 11 is 5.45. The second-order valence-corrected chi connectivity index (χ2v) is 2.54. The Morgan fingerprint density at radius 3 is 2.56 bits per heavy atom. The average Bonchev–Trinajstić information content (AvgIpc) is 1.88. The van der Waals surface area contributed by atoms with Gasteiger partial charge in [-0.3, -0.25) is 0 Å². The van der Waals surface area contributed by atoms with E-state index in [1.165, 1.54) is 0 Å². The van der Waals surface area contributed by atoms with Gasteiger partial charge < -0.3 is 4.79 Å². The number of aldehydes is 1. The highest BCUT2D eigenvalue weighted by molar-refractivity contribution is 6.17. The van der Waals surface area contributed by atoms with E-state index in [9.17, 15) is 4.79 Å². The molecule has 0 fully saturated rings. The van der Waals surface area contributed by atoms with Crippen LogP contribution in [0.15, 0.2) is 0 Å². The molecule has 0 saturated heterocycles. The molecule has 0 heterocycles. The predicted octanol–water partition coefficient (Wildman–Crippen LogP) is 2.23. The van der Waals surface area contributed by atoms with Crippen molar-refractivity contribution in [2.45, 2.75) is 26.2 Å². The Hall–Kier alpha value is -0.0400. The monoisotopic (exact) mass is 148 g/mol. The van der Waals surface area contributed by atoms with Crippen molar-refractivity contribution >= 4 is 17.9 Å². The molecule has 0 radical (unpaired) electrons. The van der Waals surface area contributed by atoms with E-state index in [0.717, 1.165) is 25.5 Å². The summed E-state index contributed by atoms with van der Waals surface area (Å²) in [5.74, 6) is 0.802. The first kappa shape index (κ1) is 8.96. The Kier molecular flexibility index (Phi) is 6.06. The van der Waals surface area contributed by atoms with Gasteiger partial charge in [-0.25, -0.2) is 0 Å². The molecule has 1 atom stereocenters. The van der Waals surface area contributed by atoms with Gasteiger partial charge in [0.1, 0.15) is 6.29 Å². The molecular weight excluding hydrogens is 136 g/mol. The number of halogens is 1. The van der Waals surface area contributed by atoms with Crippen LogP contribution in [0, 0.1) is 5.92 Å². The number of carbonyl (C=O) groups is 1. The van der Waals surface area contributed by atoms with Gasteiger partial charge in [0.2, 0.25) is 0 Å². The van der Waals surface area contributed by atoms with Crippen molar-refractivity contribution in [2.24, 2.45) is 5.92 Å². The zero-order chi connectivity index (χ0) is 7.11. The van der Waals surface area contributed by atoms with E-state index < -0.39 is 0 Å². The fourth-order valence-electron chi connectivity index (χ4n) is 0.791. The third-order valence-electron chi connectivity index (χ3n) is 1.33. The molecule has 1 nitrogen and oxygen atoms in total. The third kappa shape index (κ3) is 4.46. The fraction of sp³-hybridized carbons (Fsp3) is 0.857. The summed E-state index contributed by atoms with van der Waals surface area (Å²) in [7, 11) is 0. The van der Waals surface area contributed by atoms with Crippen molar-refractivity contribution in [3.8, 4) is 0 Å². The van der Waals surface area contributed by atoms with Crippen LogP contribution in [-0.2, 0) is 4.79 Å². The molecule has 0 aromatic heterocycles. The first-order valence-corrected chi connectivity index (χ1v) is 3.89. The average molecular weight is 149 g/mol. The number of alkyl halides is 1. The molecule has 0 aliphatic rings. The molecule has 0 aromatic carbocycles. The van der Waals surface area contributed by atoms with Crippen molar-refractivity contribution < 1.29 is 4.79 Å². The van der Waals surface area contributed by atoms with Gasteiger partial charge in [0.05, 0.1) is 0 Å². The Morgan fingerprint density at radius 2 is 2.22 bits per heavy atom. The molecule has 0 amide bonds. The van der Waals surface area contributed by atoms with E-state index in [1.54, 1.807) is 0 Å². The summed E-state index contributed by atoms with van der Waals surface area (Å²) in [5.41, 5.74) is 0. The fourth-order valence-corrected chi connectivity index (χ4v) is 1.07. The summed E-state index contributed by atoms with van der Waals surface area (Å²) in [6.07, 6.45) is 3.89. The van der Waals surface area contributed by atoms with Gasteiger partial charge in [-0.1, -0.05) is 13.3 Å².